The summed E-state index contributed by atoms with van der Waals surface area (Å²) in [5.74, 6) is 2.18. The zero-order valence-electron chi connectivity index (χ0n) is 15.9. The van der Waals surface area contributed by atoms with Crippen LogP contribution in [0.2, 0.25) is 0 Å². The van der Waals surface area contributed by atoms with Crippen molar-refractivity contribution in [3.05, 3.63) is 65.7 Å². The summed E-state index contributed by atoms with van der Waals surface area (Å²) >= 11 is 4.06. The van der Waals surface area contributed by atoms with E-state index in [2.05, 4.69) is 73.8 Å². The molecule has 0 atom stereocenters. The number of hydrogen-bond donors (Lipinski definition) is 0. The van der Waals surface area contributed by atoms with Crippen molar-refractivity contribution < 1.29 is 0 Å². The molecule has 0 aliphatic heterocycles. The van der Waals surface area contributed by atoms with Crippen LogP contribution in [0.4, 0.5) is 0 Å². The molecule has 26 heavy (non-hydrogen) atoms. The molecule has 0 radical (unpaired) electrons. The first-order chi connectivity index (χ1) is 12.1. The molecular formula is C21H27ClN2S2. The number of rotatable bonds is 7. The molecule has 2 nitrogen and oxygen atoms in total. The van der Waals surface area contributed by atoms with Crippen molar-refractivity contribution in [3.8, 4) is 0 Å². The number of fused-ring (bicyclic) bond motifs is 1. The highest BCUT2D eigenvalue weighted by atomic mass is 35.5. The molecule has 0 spiro atoms. The van der Waals surface area contributed by atoms with Crippen molar-refractivity contribution in [1.29, 1.82) is 0 Å². The minimum atomic E-state index is 0. The fraction of sp³-hybridized carbons (Fsp3) is 0.381. The van der Waals surface area contributed by atoms with E-state index in [1.165, 1.54) is 27.5 Å². The number of aromatic nitrogens is 2. The Bertz CT molecular complexity index is 841. The van der Waals surface area contributed by atoms with Crippen molar-refractivity contribution in [2.24, 2.45) is 0 Å². The van der Waals surface area contributed by atoms with Gasteiger partial charge in [0.15, 0.2) is 0 Å². The maximum Gasteiger partial charge on any atom is 0.104 e. The van der Waals surface area contributed by atoms with Gasteiger partial charge in [-0.1, -0.05) is 38.1 Å². The summed E-state index contributed by atoms with van der Waals surface area (Å²) in [7, 11) is 0. The van der Waals surface area contributed by atoms with Crippen LogP contribution in [0.15, 0.2) is 49.1 Å². The van der Waals surface area contributed by atoms with E-state index in [1.54, 1.807) is 0 Å². The van der Waals surface area contributed by atoms with Crippen molar-refractivity contribution in [1.82, 2.24) is 9.55 Å². The minimum Gasteiger partial charge on any atom is -0.335 e. The van der Waals surface area contributed by atoms with Crippen LogP contribution in [0, 0.1) is 13.8 Å². The number of halogens is 1. The standard InChI is InChI=1S/C21H26N2S2.ClH/c1-5-24-21(25-6-2,14-23-10-9-22-15-23)20-8-7-18-11-16(3)17(4)12-19(18)13-20;/h7-13,15H,5-6,14H2,1-4H3;1H. The molecule has 140 valence electrons. The summed E-state index contributed by atoms with van der Waals surface area (Å²) in [6, 6.07) is 11.6. The Morgan fingerprint density at radius 2 is 1.62 bits per heavy atom. The molecule has 0 saturated carbocycles. The Morgan fingerprint density at radius 1 is 0.962 bits per heavy atom. The summed E-state index contributed by atoms with van der Waals surface area (Å²) in [6.45, 7) is 9.81. The molecule has 0 fully saturated rings. The lowest BCUT2D eigenvalue weighted by molar-refractivity contribution is 0.649. The number of imidazole rings is 1. The van der Waals surface area contributed by atoms with Gasteiger partial charge in [0.2, 0.25) is 0 Å². The van der Waals surface area contributed by atoms with Gasteiger partial charge in [0.05, 0.1) is 12.9 Å². The van der Waals surface area contributed by atoms with Gasteiger partial charge in [0.25, 0.3) is 0 Å². The first-order valence-electron chi connectivity index (χ1n) is 8.83. The second kappa shape index (κ2) is 9.20. The van der Waals surface area contributed by atoms with Gasteiger partial charge >= 0.3 is 0 Å². The second-order valence-electron chi connectivity index (χ2n) is 6.35. The Kier molecular flexibility index (Phi) is 7.51. The highest BCUT2D eigenvalue weighted by molar-refractivity contribution is 8.17. The maximum absolute atomic E-state index is 4.24. The topological polar surface area (TPSA) is 17.8 Å². The van der Waals surface area contributed by atoms with Crippen LogP contribution in [-0.2, 0) is 10.6 Å². The molecule has 3 rings (SSSR count). The van der Waals surface area contributed by atoms with Gasteiger partial charge in [-0.15, -0.1) is 35.9 Å². The van der Waals surface area contributed by atoms with E-state index in [1.807, 2.05) is 36.0 Å². The van der Waals surface area contributed by atoms with Crippen molar-refractivity contribution in [2.75, 3.05) is 11.5 Å². The predicted octanol–water partition coefficient (Wildman–Crippen LogP) is 6.43. The fourth-order valence-corrected chi connectivity index (χ4v) is 6.28. The summed E-state index contributed by atoms with van der Waals surface area (Å²) in [5, 5.41) is 2.66. The number of benzene rings is 2. The van der Waals surface area contributed by atoms with Gasteiger partial charge in [0.1, 0.15) is 4.08 Å². The van der Waals surface area contributed by atoms with E-state index < -0.39 is 0 Å². The van der Waals surface area contributed by atoms with Crippen LogP contribution in [0.1, 0.15) is 30.5 Å². The third-order valence-electron chi connectivity index (χ3n) is 4.60. The largest absolute Gasteiger partial charge is 0.335 e. The molecule has 2 aromatic carbocycles. The summed E-state index contributed by atoms with van der Waals surface area (Å²) in [5.41, 5.74) is 4.11. The average Bonchev–Trinajstić information content (AvgIpc) is 3.08. The highest BCUT2D eigenvalue weighted by Gasteiger charge is 2.33. The lowest BCUT2D eigenvalue weighted by Gasteiger charge is -2.33. The Hall–Kier alpha value is -1.10. The SMILES string of the molecule is CCSC(Cn1ccnc1)(SCC)c1ccc2cc(C)c(C)cc2c1.Cl. The Morgan fingerprint density at radius 3 is 2.19 bits per heavy atom. The number of thioether (sulfide) groups is 2. The molecule has 0 N–H and O–H groups in total. The third kappa shape index (κ3) is 4.41. The highest BCUT2D eigenvalue weighted by Crippen LogP contribution is 2.48. The molecular weight excluding hydrogens is 380 g/mol. The van der Waals surface area contributed by atoms with Gasteiger partial charge in [-0.2, -0.15) is 0 Å². The van der Waals surface area contributed by atoms with E-state index in [-0.39, 0.29) is 16.5 Å². The van der Waals surface area contributed by atoms with E-state index in [4.69, 9.17) is 0 Å². The fourth-order valence-electron chi connectivity index (χ4n) is 3.24. The van der Waals surface area contributed by atoms with E-state index >= 15 is 0 Å². The van der Waals surface area contributed by atoms with E-state index in [0.29, 0.717) is 0 Å². The quantitative estimate of drug-likeness (QED) is 0.421. The smallest absolute Gasteiger partial charge is 0.104 e. The van der Waals surface area contributed by atoms with Crippen LogP contribution in [0.3, 0.4) is 0 Å². The first-order valence-corrected chi connectivity index (χ1v) is 10.8. The number of aryl methyl sites for hydroxylation is 2. The molecule has 0 amide bonds. The van der Waals surface area contributed by atoms with Gasteiger partial charge < -0.3 is 4.57 Å². The van der Waals surface area contributed by atoms with Crippen LogP contribution in [0.5, 0.6) is 0 Å². The van der Waals surface area contributed by atoms with Crippen molar-refractivity contribution in [2.45, 2.75) is 38.3 Å². The van der Waals surface area contributed by atoms with Gasteiger partial charge in [-0.05, 0) is 58.9 Å². The zero-order chi connectivity index (χ0) is 17.9. The minimum absolute atomic E-state index is 0. The predicted molar refractivity (Wildman–Crippen MR) is 121 cm³/mol. The Labute approximate surface area is 171 Å². The van der Waals surface area contributed by atoms with Gasteiger partial charge in [-0.3, -0.25) is 0 Å². The molecule has 5 heteroatoms. The average molecular weight is 407 g/mol. The third-order valence-corrected chi connectivity index (χ3v) is 7.54. The van der Waals surface area contributed by atoms with Crippen LogP contribution < -0.4 is 0 Å². The normalized spacial score (nSPS) is 11.5. The molecule has 1 aromatic heterocycles. The summed E-state index contributed by atoms with van der Waals surface area (Å²) in [6.07, 6.45) is 5.86. The van der Waals surface area contributed by atoms with E-state index in [9.17, 15) is 0 Å². The monoisotopic (exact) mass is 406 g/mol. The Balaban J connectivity index is 0.00000243. The molecule has 1 heterocycles. The molecule has 0 saturated heterocycles. The molecule has 0 bridgehead atoms. The molecule has 0 aliphatic carbocycles. The second-order valence-corrected chi connectivity index (χ2v) is 9.74. The lowest BCUT2D eigenvalue weighted by Crippen LogP contribution is -2.25. The van der Waals surface area contributed by atoms with Crippen molar-refractivity contribution in [3.63, 3.8) is 0 Å². The van der Waals surface area contributed by atoms with E-state index in [0.717, 1.165) is 18.1 Å². The number of nitrogens with zero attached hydrogens (tertiary/aromatic N) is 2. The zero-order valence-corrected chi connectivity index (χ0v) is 18.3. The maximum atomic E-state index is 4.24. The van der Waals surface area contributed by atoms with Crippen LogP contribution in [-0.4, -0.2) is 21.1 Å². The van der Waals surface area contributed by atoms with Gasteiger partial charge in [0, 0.05) is 12.4 Å². The molecule has 0 aliphatic rings. The van der Waals surface area contributed by atoms with Crippen LogP contribution >= 0.6 is 35.9 Å². The molecule has 0 unspecified atom stereocenters. The lowest BCUT2D eigenvalue weighted by atomic mass is 9.99. The first kappa shape index (κ1) is 21.2. The van der Waals surface area contributed by atoms with Crippen LogP contribution in [0.25, 0.3) is 10.8 Å². The number of hydrogen-bond acceptors (Lipinski definition) is 3. The van der Waals surface area contributed by atoms with Gasteiger partial charge in [-0.25, -0.2) is 4.98 Å². The molecule has 3 aromatic rings. The summed E-state index contributed by atoms with van der Waals surface area (Å²) in [4.78, 5) is 4.24. The summed E-state index contributed by atoms with van der Waals surface area (Å²) < 4.78 is 2.22. The van der Waals surface area contributed by atoms with Crippen molar-refractivity contribution >= 4 is 46.7 Å².